The number of methoxy groups -OCH3 is 2. The van der Waals surface area contributed by atoms with E-state index in [9.17, 15) is 4.79 Å². The first-order valence-corrected chi connectivity index (χ1v) is 8.15. The van der Waals surface area contributed by atoms with Gasteiger partial charge in [0.2, 0.25) is 5.91 Å². The zero-order valence-corrected chi connectivity index (χ0v) is 14.9. The molecule has 3 rings (SSSR count). The molecule has 0 saturated heterocycles. The molecule has 1 atom stereocenters. The fraction of sp³-hybridized carbons (Fsp3) is 0.278. The summed E-state index contributed by atoms with van der Waals surface area (Å²) in [4.78, 5) is 12.4. The van der Waals surface area contributed by atoms with Crippen molar-refractivity contribution < 1.29 is 14.3 Å². The first-order chi connectivity index (χ1) is 11.0. The van der Waals surface area contributed by atoms with Gasteiger partial charge < -0.3 is 14.8 Å². The van der Waals surface area contributed by atoms with Gasteiger partial charge in [-0.15, -0.1) is 0 Å². The van der Waals surface area contributed by atoms with Crippen LogP contribution in [0.4, 0.5) is 5.69 Å². The molecule has 0 fully saturated rings. The summed E-state index contributed by atoms with van der Waals surface area (Å²) >= 11 is 3.49. The summed E-state index contributed by atoms with van der Waals surface area (Å²) < 4.78 is 11.8. The van der Waals surface area contributed by atoms with E-state index in [1.807, 2.05) is 37.3 Å². The second-order valence-electron chi connectivity index (χ2n) is 5.59. The molecular formula is C18H18BrNO3. The number of hydrogen-bond donors (Lipinski definition) is 1. The molecular weight excluding hydrogens is 358 g/mol. The van der Waals surface area contributed by atoms with Gasteiger partial charge >= 0.3 is 0 Å². The maximum Gasteiger partial charge on any atom is 0.232 e. The second-order valence-corrected chi connectivity index (χ2v) is 6.50. The van der Waals surface area contributed by atoms with Crippen LogP contribution in [0.1, 0.15) is 22.6 Å². The minimum Gasteiger partial charge on any atom is -0.493 e. The molecule has 0 saturated carbocycles. The molecule has 120 valence electrons. The van der Waals surface area contributed by atoms with Crippen LogP contribution in [0, 0.1) is 6.92 Å². The fourth-order valence-electron chi connectivity index (χ4n) is 3.08. The summed E-state index contributed by atoms with van der Waals surface area (Å²) in [6.07, 6.45) is 0.557. The molecule has 0 aromatic heterocycles. The van der Waals surface area contributed by atoms with Crippen LogP contribution in [0.2, 0.25) is 0 Å². The van der Waals surface area contributed by atoms with E-state index in [1.165, 1.54) is 0 Å². The van der Waals surface area contributed by atoms with Crippen LogP contribution < -0.4 is 14.8 Å². The number of hydrogen-bond acceptors (Lipinski definition) is 3. The Bertz CT molecular complexity index is 773. The van der Waals surface area contributed by atoms with Crippen molar-refractivity contribution in [1.82, 2.24) is 0 Å². The van der Waals surface area contributed by atoms with Gasteiger partial charge in [-0.1, -0.05) is 34.1 Å². The largest absolute Gasteiger partial charge is 0.493 e. The van der Waals surface area contributed by atoms with Crippen LogP contribution >= 0.6 is 15.9 Å². The minimum atomic E-state index is -0.224. The van der Waals surface area contributed by atoms with Gasteiger partial charge in [0, 0.05) is 15.7 Å². The topological polar surface area (TPSA) is 47.6 Å². The maximum atomic E-state index is 12.4. The van der Waals surface area contributed by atoms with Gasteiger partial charge in [0.25, 0.3) is 0 Å². The highest BCUT2D eigenvalue weighted by Gasteiger charge is 2.32. The molecule has 4 nitrogen and oxygen atoms in total. The number of anilines is 1. The smallest absolute Gasteiger partial charge is 0.232 e. The van der Waals surface area contributed by atoms with Crippen molar-refractivity contribution in [3.63, 3.8) is 0 Å². The summed E-state index contributed by atoms with van der Waals surface area (Å²) in [6, 6.07) is 9.83. The molecule has 23 heavy (non-hydrogen) atoms. The van der Waals surface area contributed by atoms with Crippen LogP contribution in [0.25, 0.3) is 0 Å². The summed E-state index contributed by atoms with van der Waals surface area (Å²) in [7, 11) is 3.22. The molecule has 1 unspecified atom stereocenters. The highest BCUT2D eigenvalue weighted by Crippen LogP contribution is 2.41. The van der Waals surface area contributed by atoms with Gasteiger partial charge in [-0.2, -0.15) is 0 Å². The maximum absolute atomic E-state index is 12.4. The van der Waals surface area contributed by atoms with Gasteiger partial charge in [-0.25, -0.2) is 0 Å². The third kappa shape index (κ3) is 2.81. The summed E-state index contributed by atoms with van der Waals surface area (Å²) in [6.45, 7) is 2.00. The SMILES string of the molecule is COc1cc(Br)cc(CC2C(=O)Nc3c(C)cccc32)c1OC. The number of carbonyl (C=O) groups excluding carboxylic acids is 1. The number of rotatable bonds is 4. The number of ether oxygens (including phenoxy) is 2. The predicted octanol–water partition coefficient (Wildman–Crippen LogP) is 4.05. The van der Waals surface area contributed by atoms with E-state index < -0.39 is 0 Å². The lowest BCUT2D eigenvalue weighted by Gasteiger charge is -2.16. The van der Waals surface area contributed by atoms with Crippen LogP contribution in [0.5, 0.6) is 11.5 Å². The van der Waals surface area contributed by atoms with E-state index in [2.05, 4.69) is 21.2 Å². The Morgan fingerprint density at radius 3 is 2.70 bits per heavy atom. The lowest BCUT2D eigenvalue weighted by atomic mass is 9.92. The lowest BCUT2D eigenvalue weighted by Crippen LogP contribution is -2.15. The monoisotopic (exact) mass is 375 g/mol. The molecule has 1 aliphatic heterocycles. The third-order valence-electron chi connectivity index (χ3n) is 4.19. The Morgan fingerprint density at radius 1 is 1.22 bits per heavy atom. The molecule has 1 amide bonds. The van der Waals surface area contributed by atoms with E-state index in [1.54, 1.807) is 14.2 Å². The van der Waals surface area contributed by atoms with E-state index in [-0.39, 0.29) is 11.8 Å². The zero-order chi connectivity index (χ0) is 16.6. The number of halogens is 1. The Kier molecular flexibility index (Phi) is 4.31. The Hall–Kier alpha value is -2.01. The molecule has 0 bridgehead atoms. The molecule has 1 N–H and O–H groups in total. The van der Waals surface area contributed by atoms with Gasteiger partial charge in [0.1, 0.15) is 0 Å². The first kappa shape index (κ1) is 15.9. The highest BCUT2D eigenvalue weighted by atomic mass is 79.9. The number of para-hydroxylation sites is 1. The average molecular weight is 376 g/mol. The molecule has 2 aromatic rings. The number of benzene rings is 2. The number of amides is 1. The first-order valence-electron chi connectivity index (χ1n) is 7.36. The standard InChI is InChI=1S/C18H18BrNO3/c1-10-5-4-6-13-14(18(21)20-16(10)13)8-11-7-12(19)9-15(22-2)17(11)23-3/h4-7,9,14H,8H2,1-3H3,(H,20,21). The van der Waals surface area contributed by atoms with E-state index in [0.29, 0.717) is 17.9 Å². The van der Waals surface area contributed by atoms with Crippen LogP contribution in [0.15, 0.2) is 34.8 Å². The Labute approximate surface area is 143 Å². The van der Waals surface area contributed by atoms with Crippen molar-refractivity contribution in [2.24, 2.45) is 0 Å². The molecule has 1 aliphatic rings. The quantitative estimate of drug-likeness (QED) is 0.876. The summed E-state index contributed by atoms with van der Waals surface area (Å²) in [5, 5.41) is 2.99. The summed E-state index contributed by atoms with van der Waals surface area (Å²) in [5.74, 6) is 1.12. The number of nitrogens with one attached hydrogen (secondary N) is 1. The van der Waals surface area contributed by atoms with Crippen molar-refractivity contribution >= 4 is 27.5 Å². The van der Waals surface area contributed by atoms with Crippen molar-refractivity contribution in [3.05, 3.63) is 51.5 Å². The highest BCUT2D eigenvalue weighted by molar-refractivity contribution is 9.10. The molecule has 1 heterocycles. The van der Waals surface area contributed by atoms with E-state index in [0.717, 1.165) is 26.9 Å². The van der Waals surface area contributed by atoms with Crippen molar-refractivity contribution in [2.75, 3.05) is 19.5 Å². The normalized spacial score (nSPS) is 16.0. The van der Waals surface area contributed by atoms with Gasteiger partial charge in [-0.3, -0.25) is 4.79 Å². The predicted molar refractivity (Wildman–Crippen MR) is 93.5 cm³/mol. The van der Waals surface area contributed by atoms with E-state index in [4.69, 9.17) is 9.47 Å². The fourth-order valence-corrected chi connectivity index (χ4v) is 3.57. The Morgan fingerprint density at radius 2 is 2.00 bits per heavy atom. The van der Waals surface area contributed by atoms with Crippen LogP contribution in [-0.2, 0) is 11.2 Å². The van der Waals surface area contributed by atoms with Crippen LogP contribution in [0.3, 0.4) is 0 Å². The van der Waals surface area contributed by atoms with Crippen LogP contribution in [-0.4, -0.2) is 20.1 Å². The Balaban J connectivity index is 2.02. The average Bonchev–Trinajstić information content (AvgIpc) is 2.84. The molecule has 0 aliphatic carbocycles. The minimum absolute atomic E-state index is 0.0234. The lowest BCUT2D eigenvalue weighted by molar-refractivity contribution is -0.117. The summed E-state index contributed by atoms with van der Waals surface area (Å²) in [5.41, 5.74) is 3.99. The zero-order valence-electron chi connectivity index (χ0n) is 13.3. The third-order valence-corrected chi connectivity index (χ3v) is 4.65. The number of fused-ring (bicyclic) bond motifs is 1. The van der Waals surface area contributed by atoms with Crippen molar-refractivity contribution in [3.8, 4) is 11.5 Å². The van der Waals surface area contributed by atoms with E-state index >= 15 is 0 Å². The van der Waals surface area contributed by atoms with Crippen molar-refractivity contribution in [2.45, 2.75) is 19.3 Å². The molecule has 0 radical (unpaired) electrons. The van der Waals surface area contributed by atoms with Gasteiger partial charge in [0.05, 0.1) is 20.1 Å². The molecule has 0 spiro atoms. The second kappa shape index (κ2) is 6.24. The molecule has 5 heteroatoms. The molecule has 2 aromatic carbocycles. The van der Waals surface area contributed by atoms with Gasteiger partial charge in [-0.05, 0) is 36.6 Å². The number of carbonyl (C=O) groups is 1. The van der Waals surface area contributed by atoms with Gasteiger partial charge in [0.15, 0.2) is 11.5 Å². The van der Waals surface area contributed by atoms with Crippen molar-refractivity contribution in [1.29, 1.82) is 0 Å². The number of aryl methyl sites for hydroxylation is 1.